The van der Waals surface area contributed by atoms with E-state index in [-0.39, 0.29) is 0 Å². The van der Waals surface area contributed by atoms with Gasteiger partial charge in [0, 0.05) is 6.04 Å². The summed E-state index contributed by atoms with van der Waals surface area (Å²) in [5.41, 5.74) is 0. The number of thioether (sulfide) groups is 1. The molecule has 0 aliphatic carbocycles. The summed E-state index contributed by atoms with van der Waals surface area (Å²) < 4.78 is 0. The first kappa shape index (κ1) is 6.14. The molecule has 0 N–H and O–H groups in total. The molecule has 0 radical (unpaired) electrons. The van der Waals surface area contributed by atoms with Crippen LogP contribution in [0.5, 0.6) is 0 Å². The SMILES string of the molecule is CSC1=N[C@H](C)CC1. The molecule has 1 atom stereocenters. The van der Waals surface area contributed by atoms with E-state index in [2.05, 4.69) is 18.2 Å². The van der Waals surface area contributed by atoms with Gasteiger partial charge in [0.1, 0.15) is 0 Å². The van der Waals surface area contributed by atoms with E-state index >= 15 is 0 Å². The highest BCUT2D eigenvalue weighted by Gasteiger charge is 2.10. The fourth-order valence-corrected chi connectivity index (χ4v) is 1.47. The number of rotatable bonds is 0. The van der Waals surface area contributed by atoms with Crippen molar-refractivity contribution in [3.63, 3.8) is 0 Å². The fraction of sp³-hybridized carbons (Fsp3) is 0.833. The summed E-state index contributed by atoms with van der Waals surface area (Å²) in [6, 6.07) is 0.595. The van der Waals surface area contributed by atoms with Gasteiger partial charge in [-0.1, -0.05) is 0 Å². The Hall–Kier alpha value is 0.0200. The van der Waals surface area contributed by atoms with Crippen molar-refractivity contribution in [1.82, 2.24) is 0 Å². The zero-order valence-electron chi connectivity index (χ0n) is 5.35. The predicted molar refractivity (Wildman–Crippen MR) is 39.6 cm³/mol. The summed E-state index contributed by atoms with van der Waals surface area (Å²) in [5, 5.41) is 1.33. The maximum atomic E-state index is 4.39. The lowest BCUT2D eigenvalue weighted by Gasteiger charge is -1.89. The molecule has 0 aromatic rings. The van der Waals surface area contributed by atoms with Gasteiger partial charge in [-0.25, -0.2) is 0 Å². The Labute approximate surface area is 54.6 Å². The Morgan fingerprint density at radius 3 is 2.75 bits per heavy atom. The molecule has 1 aliphatic rings. The Morgan fingerprint density at radius 2 is 2.50 bits per heavy atom. The van der Waals surface area contributed by atoms with E-state index in [1.807, 2.05) is 0 Å². The number of nitrogens with zero attached hydrogens (tertiary/aromatic N) is 1. The smallest absolute Gasteiger partial charge is 0.0677 e. The highest BCUT2D eigenvalue weighted by atomic mass is 32.2. The Kier molecular flexibility index (Phi) is 1.95. The van der Waals surface area contributed by atoms with Crippen LogP contribution in [0.2, 0.25) is 0 Å². The molecule has 46 valence electrons. The molecule has 0 spiro atoms. The fourth-order valence-electron chi connectivity index (χ4n) is 0.862. The third kappa shape index (κ3) is 1.25. The number of aliphatic imine (C=N–C) groups is 1. The van der Waals surface area contributed by atoms with Crippen LogP contribution in [0.3, 0.4) is 0 Å². The van der Waals surface area contributed by atoms with Crippen LogP contribution >= 0.6 is 11.8 Å². The van der Waals surface area contributed by atoms with Crippen molar-refractivity contribution >= 4 is 16.8 Å². The third-order valence-corrected chi connectivity index (χ3v) is 2.16. The summed E-state index contributed by atoms with van der Waals surface area (Å²) in [5.74, 6) is 0. The van der Waals surface area contributed by atoms with Crippen molar-refractivity contribution in [3.8, 4) is 0 Å². The summed E-state index contributed by atoms with van der Waals surface area (Å²) in [4.78, 5) is 4.39. The molecule has 8 heavy (non-hydrogen) atoms. The van der Waals surface area contributed by atoms with Crippen LogP contribution in [0, 0.1) is 0 Å². The Morgan fingerprint density at radius 1 is 1.75 bits per heavy atom. The molecular formula is C6H11NS. The zero-order valence-corrected chi connectivity index (χ0v) is 6.16. The van der Waals surface area contributed by atoms with E-state index in [0.717, 1.165) is 0 Å². The predicted octanol–water partition coefficient (Wildman–Crippen LogP) is 1.93. The van der Waals surface area contributed by atoms with Gasteiger partial charge >= 0.3 is 0 Å². The third-order valence-electron chi connectivity index (χ3n) is 1.38. The second-order valence-electron chi connectivity index (χ2n) is 2.11. The summed E-state index contributed by atoms with van der Waals surface area (Å²) >= 11 is 1.79. The highest BCUT2D eigenvalue weighted by Crippen LogP contribution is 2.17. The van der Waals surface area contributed by atoms with Gasteiger partial charge in [-0.15, -0.1) is 11.8 Å². The normalized spacial score (nSPS) is 28.2. The van der Waals surface area contributed by atoms with Crippen molar-refractivity contribution in [3.05, 3.63) is 0 Å². The van der Waals surface area contributed by atoms with Gasteiger partial charge in [0.15, 0.2) is 0 Å². The largest absolute Gasteiger partial charge is 0.280 e. The molecule has 0 amide bonds. The summed E-state index contributed by atoms with van der Waals surface area (Å²) in [6.45, 7) is 2.17. The van der Waals surface area contributed by atoms with Gasteiger partial charge < -0.3 is 0 Å². The van der Waals surface area contributed by atoms with Crippen molar-refractivity contribution < 1.29 is 0 Å². The molecule has 0 aromatic carbocycles. The first-order valence-corrected chi connectivity index (χ1v) is 4.16. The first-order valence-electron chi connectivity index (χ1n) is 2.93. The molecule has 1 rings (SSSR count). The van der Waals surface area contributed by atoms with Crippen molar-refractivity contribution in [2.75, 3.05) is 6.26 Å². The lowest BCUT2D eigenvalue weighted by atomic mass is 10.2. The van der Waals surface area contributed by atoms with Crippen molar-refractivity contribution in [1.29, 1.82) is 0 Å². The minimum absolute atomic E-state index is 0.595. The molecule has 0 unspecified atom stereocenters. The molecule has 0 fully saturated rings. The quantitative estimate of drug-likeness (QED) is 0.487. The van der Waals surface area contributed by atoms with Gasteiger partial charge in [0.25, 0.3) is 0 Å². The maximum Gasteiger partial charge on any atom is 0.0677 e. The zero-order chi connectivity index (χ0) is 5.98. The second kappa shape index (κ2) is 2.53. The minimum Gasteiger partial charge on any atom is -0.280 e. The van der Waals surface area contributed by atoms with Crippen molar-refractivity contribution in [2.45, 2.75) is 25.8 Å². The van der Waals surface area contributed by atoms with Crippen molar-refractivity contribution in [2.24, 2.45) is 4.99 Å². The van der Waals surface area contributed by atoms with Gasteiger partial charge in [0.05, 0.1) is 5.04 Å². The van der Waals surface area contributed by atoms with Crippen LogP contribution in [0.4, 0.5) is 0 Å². The lowest BCUT2D eigenvalue weighted by Crippen LogP contribution is -1.86. The molecule has 0 saturated carbocycles. The molecule has 0 bridgehead atoms. The molecule has 0 saturated heterocycles. The molecule has 1 heterocycles. The molecule has 1 aliphatic heterocycles. The van der Waals surface area contributed by atoms with Crippen LogP contribution in [-0.2, 0) is 0 Å². The molecule has 1 nitrogen and oxygen atoms in total. The van der Waals surface area contributed by atoms with Crippen LogP contribution in [-0.4, -0.2) is 17.3 Å². The van der Waals surface area contributed by atoms with E-state index in [1.165, 1.54) is 17.9 Å². The van der Waals surface area contributed by atoms with Crippen LogP contribution in [0.15, 0.2) is 4.99 Å². The maximum absolute atomic E-state index is 4.39. The van der Waals surface area contributed by atoms with Gasteiger partial charge in [-0.05, 0) is 26.0 Å². The van der Waals surface area contributed by atoms with Gasteiger partial charge in [-0.3, -0.25) is 4.99 Å². The summed E-state index contributed by atoms with van der Waals surface area (Å²) in [7, 11) is 0. The summed E-state index contributed by atoms with van der Waals surface area (Å²) in [6.07, 6.45) is 4.56. The van der Waals surface area contributed by atoms with Gasteiger partial charge in [0.2, 0.25) is 0 Å². The Bertz CT molecular complexity index is 109. The molecular weight excluding hydrogens is 118 g/mol. The minimum atomic E-state index is 0.595. The van der Waals surface area contributed by atoms with E-state index in [9.17, 15) is 0 Å². The Balaban J connectivity index is 2.44. The van der Waals surface area contributed by atoms with E-state index in [1.54, 1.807) is 11.8 Å². The average Bonchev–Trinajstić information content (AvgIpc) is 2.14. The highest BCUT2D eigenvalue weighted by molar-refractivity contribution is 8.13. The molecule has 0 aromatic heterocycles. The van der Waals surface area contributed by atoms with Crippen LogP contribution < -0.4 is 0 Å². The van der Waals surface area contributed by atoms with E-state index < -0.39 is 0 Å². The number of hydrogen-bond donors (Lipinski definition) is 0. The lowest BCUT2D eigenvalue weighted by molar-refractivity contribution is 0.739. The standard InChI is InChI=1S/C6H11NS/c1-5-3-4-6(7-5)8-2/h5H,3-4H2,1-2H3/t5-/m1/s1. The van der Waals surface area contributed by atoms with Crippen LogP contribution in [0.25, 0.3) is 0 Å². The average molecular weight is 129 g/mol. The molecule has 2 heteroatoms. The topological polar surface area (TPSA) is 12.4 Å². The van der Waals surface area contributed by atoms with Gasteiger partial charge in [-0.2, -0.15) is 0 Å². The second-order valence-corrected chi connectivity index (χ2v) is 2.99. The van der Waals surface area contributed by atoms with E-state index in [0.29, 0.717) is 6.04 Å². The van der Waals surface area contributed by atoms with Crippen LogP contribution in [0.1, 0.15) is 19.8 Å². The monoisotopic (exact) mass is 129 g/mol. The first-order chi connectivity index (χ1) is 3.83. The van der Waals surface area contributed by atoms with E-state index in [4.69, 9.17) is 0 Å². The number of hydrogen-bond acceptors (Lipinski definition) is 2.